The summed E-state index contributed by atoms with van der Waals surface area (Å²) < 4.78 is 2.38. The average Bonchev–Trinajstić information content (AvgIpc) is 1.05. The zero-order chi connectivity index (χ0) is 89.5. The van der Waals surface area contributed by atoms with Crippen LogP contribution in [0.1, 0.15) is 22.3 Å². The molecule has 0 aliphatic carbocycles. The SMILES string of the molecule is Cc1cc(-c2cccc3ccccc23)cc(-c2cccc3ccccc23)c1.Cc1cc(-c2ccccc2)cc(-c2ccc(-c3ccc(N4c5ccccc5N(c5ccccc5)c5ccccc54)cc3)cc2)c1.Cc1cc(-c2ccccc2)cc(-c2ccc3ccc(-c4ccccc4)cc3c2)c1.Cc1cc(-c2ccccc2)cc(-c2cccc(-n3c4ccccc4c4ccccc43)c2)c1. The molecule has 3 nitrogen and oxygen atoms in total. The number of aryl methyl sites for hydroxylation is 4. The predicted molar refractivity (Wildman–Crippen MR) is 569 cm³/mol. The van der Waals surface area contributed by atoms with Gasteiger partial charge in [-0.25, -0.2) is 0 Å². The fourth-order valence-electron chi connectivity index (χ4n) is 19.3. The summed E-state index contributed by atoms with van der Waals surface area (Å²) in [6.45, 7) is 8.70. The molecule has 1 aliphatic heterocycles. The number of hydrogen-bond donors (Lipinski definition) is 0. The topological polar surface area (TPSA) is 11.4 Å². The maximum absolute atomic E-state index is 2.38. The summed E-state index contributed by atoms with van der Waals surface area (Å²) in [6.07, 6.45) is 0. The lowest BCUT2D eigenvalue weighted by atomic mass is 9.92. The molecule has 0 bridgehead atoms. The fourth-order valence-corrected chi connectivity index (χ4v) is 19.3. The van der Waals surface area contributed by atoms with E-state index in [2.05, 4.69) is 558 Å². The molecule has 23 aromatic rings. The number of rotatable bonds is 13. The van der Waals surface area contributed by atoms with E-state index in [9.17, 15) is 0 Å². The van der Waals surface area contributed by atoms with Crippen LogP contribution < -0.4 is 9.80 Å². The third-order valence-corrected chi connectivity index (χ3v) is 25.5. The Labute approximate surface area is 779 Å². The monoisotopic (exact) mass is 1700 g/mol. The number of benzene rings is 22. The number of aromatic nitrogens is 1. The zero-order valence-corrected chi connectivity index (χ0v) is 74.9. The van der Waals surface area contributed by atoms with Gasteiger partial charge in [-0.05, 0) is 303 Å². The van der Waals surface area contributed by atoms with Crippen LogP contribution in [0.5, 0.6) is 0 Å². The van der Waals surface area contributed by atoms with Crippen molar-refractivity contribution in [2.75, 3.05) is 9.80 Å². The molecule has 1 aromatic heterocycles. The predicted octanol–water partition coefficient (Wildman–Crippen LogP) is 36.5. The quantitative estimate of drug-likeness (QED) is 0.114. The van der Waals surface area contributed by atoms with Crippen molar-refractivity contribution in [1.29, 1.82) is 0 Å². The molecule has 0 radical (unpaired) electrons. The van der Waals surface area contributed by atoms with E-state index in [1.807, 2.05) is 0 Å². The lowest BCUT2D eigenvalue weighted by Crippen LogP contribution is -2.23. The third-order valence-electron chi connectivity index (χ3n) is 25.5. The Morgan fingerprint density at radius 2 is 0.391 bits per heavy atom. The van der Waals surface area contributed by atoms with Crippen molar-refractivity contribution in [2.45, 2.75) is 27.7 Å². The summed E-state index contributed by atoms with van der Waals surface area (Å²) in [5.41, 5.74) is 40.7. The summed E-state index contributed by atoms with van der Waals surface area (Å²) in [6, 6.07) is 186. The van der Waals surface area contributed by atoms with Crippen LogP contribution >= 0.6 is 0 Å². The summed E-state index contributed by atoms with van der Waals surface area (Å²) in [4.78, 5) is 4.73. The van der Waals surface area contributed by atoms with Gasteiger partial charge in [0.2, 0.25) is 0 Å². The molecule has 22 aromatic carbocycles. The Kier molecular flexibility index (Phi) is 23.3. The fraction of sp³-hybridized carbons (Fsp3) is 0.0308. The molecule has 0 amide bonds. The van der Waals surface area contributed by atoms with Crippen molar-refractivity contribution < 1.29 is 0 Å². The minimum absolute atomic E-state index is 1.14. The molecule has 632 valence electrons. The van der Waals surface area contributed by atoms with Crippen LogP contribution in [0.3, 0.4) is 0 Å². The Morgan fingerprint density at radius 3 is 0.805 bits per heavy atom. The van der Waals surface area contributed by atoms with Crippen molar-refractivity contribution in [2.24, 2.45) is 0 Å². The van der Waals surface area contributed by atoms with Crippen molar-refractivity contribution >= 4 is 88.2 Å². The molecule has 0 fully saturated rings. The molecule has 24 rings (SSSR count). The maximum atomic E-state index is 2.38. The van der Waals surface area contributed by atoms with Gasteiger partial charge in [0.25, 0.3) is 0 Å². The lowest BCUT2D eigenvalue weighted by molar-refractivity contribution is 1.17. The van der Waals surface area contributed by atoms with Crippen LogP contribution in [-0.4, -0.2) is 4.57 Å². The van der Waals surface area contributed by atoms with Gasteiger partial charge in [-0.2, -0.15) is 0 Å². The minimum atomic E-state index is 1.14. The first-order valence-corrected chi connectivity index (χ1v) is 45.9. The van der Waals surface area contributed by atoms with E-state index >= 15 is 0 Å². The number of nitrogens with zero attached hydrogens (tertiary/aromatic N) is 3. The highest BCUT2D eigenvalue weighted by Gasteiger charge is 2.30. The van der Waals surface area contributed by atoms with E-state index in [0.29, 0.717) is 0 Å². The zero-order valence-electron chi connectivity index (χ0n) is 74.9. The number of anilines is 6. The minimum Gasteiger partial charge on any atom is -0.309 e. The van der Waals surface area contributed by atoms with E-state index < -0.39 is 0 Å². The van der Waals surface area contributed by atoms with E-state index in [4.69, 9.17) is 0 Å². The second-order valence-electron chi connectivity index (χ2n) is 34.7. The summed E-state index contributed by atoms with van der Waals surface area (Å²) in [5, 5.41) is 10.3. The molecule has 0 atom stereocenters. The van der Waals surface area contributed by atoms with Gasteiger partial charge >= 0.3 is 0 Å². The molecule has 3 heteroatoms. The summed E-state index contributed by atoms with van der Waals surface area (Å²) in [7, 11) is 0. The maximum Gasteiger partial charge on any atom is 0.0703 e. The highest BCUT2D eigenvalue weighted by molar-refractivity contribution is 6.10. The first-order chi connectivity index (χ1) is 65.6. The standard InChI is InChI=1S/C43H32N2.C31H23N.C29H22.C27H20/c1-31-28-36(32-12-4-2-5-13-32)30-37(29-31)35-22-20-33(21-23-35)34-24-26-39(27-25-34)45-42-18-10-8-16-40(42)44(38-14-6-3-7-15-38)41-17-9-11-19-43(41)45;1-22-18-25(23-10-3-2-4-11-23)20-26(19-22)24-12-9-13-27(21-24)32-30-16-7-5-14-28(30)29-15-6-8-17-31(29)32;1-21-16-27(23-10-6-3-7-11-23)20-28(17-21)26-15-13-24-12-14-25(18-29(24)19-26)22-8-4-2-5-9-22;1-19-16-22(26-14-6-10-20-8-2-4-12-24(20)26)18-23(17-19)27-15-7-11-21-9-3-5-13-25(21)27/h2-30H,1H3;2-21H,1H3;2-20H,1H3;2-18H,1H3. The number of hydrogen-bond acceptors (Lipinski definition) is 2. The largest absolute Gasteiger partial charge is 0.309 e. The third kappa shape index (κ3) is 17.6. The van der Waals surface area contributed by atoms with Gasteiger partial charge in [0.1, 0.15) is 0 Å². The van der Waals surface area contributed by atoms with Crippen molar-refractivity contribution in [3.8, 4) is 117 Å². The van der Waals surface area contributed by atoms with Crippen LogP contribution in [0.25, 0.3) is 171 Å². The molecular formula is C130H97N3. The Morgan fingerprint density at radius 1 is 0.135 bits per heavy atom. The smallest absolute Gasteiger partial charge is 0.0703 e. The van der Waals surface area contributed by atoms with Gasteiger partial charge in [-0.1, -0.05) is 406 Å². The van der Waals surface area contributed by atoms with Crippen LogP contribution in [0.2, 0.25) is 0 Å². The molecule has 2 heterocycles. The molecule has 1 aliphatic rings. The number of para-hydroxylation sites is 7. The van der Waals surface area contributed by atoms with Crippen LogP contribution in [0.15, 0.2) is 516 Å². The summed E-state index contributed by atoms with van der Waals surface area (Å²) in [5.74, 6) is 0. The van der Waals surface area contributed by atoms with Gasteiger partial charge in [0.15, 0.2) is 0 Å². The Bertz CT molecular complexity index is 7930. The van der Waals surface area contributed by atoms with E-state index in [1.54, 1.807) is 0 Å². The van der Waals surface area contributed by atoms with Gasteiger partial charge < -0.3 is 14.4 Å². The second kappa shape index (κ2) is 37.4. The number of fused-ring (bicyclic) bond motifs is 8. The molecule has 0 unspecified atom stereocenters. The molecule has 0 spiro atoms. The first kappa shape index (κ1) is 83.0. The molecule has 0 N–H and O–H groups in total. The van der Waals surface area contributed by atoms with Crippen LogP contribution in [0, 0.1) is 27.7 Å². The van der Waals surface area contributed by atoms with Crippen molar-refractivity contribution in [3.63, 3.8) is 0 Å². The molecule has 133 heavy (non-hydrogen) atoms. The first-order valence-electron chi connectivity index (χ1n) is 45.9. The van der Waals surface area contributed by atoms with Gasteiger partial charge in [-0.3, -0.25) is 0 Å². The molecule has 0 saturated carbocycles. The normalized spacial score (nSPS) is 11.4. The van der Waals surface area contributed by atoms with E-state index in [1.165, 1.54) is 193 Å². The molecular weight excluding hydrogens is 1600 g/mol. The Hall–Kier alpha value is -17.0. The average molecular weight is 1700 g/mol. The van der Waals surface area contributed by atoms with Crippen LogP contribution in [0.4, 0.5) is 34.1 Å². The lowest BCUT2D eigenvalue weighted by Gasteiger charge is -2.40. The molecule has 0 saturated heterocycles. The van der Waals surface area contributed by atoms with Gasteiger partial charge in [0, 0.05) is 27.8 Å². The van der Waals surface area contributed by atoms with Gasteiger partial charge in [-0.15, -0.1) is 0 Å². The highest BCUT2D eigenvalue weighted by atomic mass is 15.3. The van der Waals surface area contributed by atoms with Crippen molar-refractivity contribution in [3.05, 3.63) is 538 Å². The van der Waals surface area contributed by atoms with E-state index in [-0.39, 0.29) is 0 Å². The van der Waals surface area contributed by atoms with Crippen molar-refractivity contribution in [1.82, 2.24) is 4.57 Å². The Balaban J connectivity index is 0.000000109. The van der Waals surface area contributed by atoms with E-state index in [0.717, 1.165) is 34.1 Å². The highest BCUT2D eigenvalue weighted by Crippen LogP contribution is 2.54. The van der Waals surface area contributed by atoms with Gasteiger partial charge in [0.05, 0.1) is 33.8 Å². The summed E-state index contributed by atoms with van der Waals surface area (Å²) >= 11 is 0. The van der Waals surface area contributed by atoms with Crippen LogP contribution in [-0.2, 0) is 0 Å². The second-order valence-corrected chi connectivity index (χ2v) is 34.7.